The van der Waals surface area contributed by atoms with E-state index in [-0.39, 0.29) is 6.61 Å². The zero-order valence-corrected chi connectivity index (χ0v) is 14.4. The second-order valence-corrected chi connectivity index (χ2v) is 5.62. The summed E-state index contributed by atoms with van der Waals surface area (Å²) in [6, 6.07) is 17.8. The monoisotopic (exact) mass is 337 g/mol. The summed E-state index contributed by atoms with van der Waals surface area (Å²) in [5, 5.41) is 10.9. The second kappa shape index (κ2) is 10.2. The summed E-state index contributed by atoms with van der Waals surface area (Å²) < 4.78 is 5.19. The van der Waals surface area contributed by atoms with Crippen molar-refractivity contribution < 1.29 is 14.7 Å². The first kappa shape index (κ1) is 18.6. The number of unbranched alkanes of at least 4 members (excludes halogenated alkanes) is 2. The molecular weight excluding hydrogens is 314 g/mol. The molecule has 1 N–H and O–H groups in total. The Morgan fingerprint density at radius 1 is 1.12 bits per heavy atom. The van der Waals surface area contributed by atoms with Gasteiger partial charge in [0.2, 0.25) is 0 Å². The topological polar surface area (TPSA) is 49.8 Å². The molecule has 0 saturated carbocycles. The Kier molecular flexibility index (Phi) is 7.55. The molecule has 2 aromatic rings. The molecule has 2 rings (SSSR count). The molecule has 4 heteroatoms. The molecule has 130 valence electrons. The van der Waals surface area contributed by atoms with Gasteiger partial charge in [-0.3, -0.25) is 5.21 Å². The van der Waals surface area contributed by atoms with Gasteiger partial charge in [-0.2, -0.15) is 5.06 Å². The van der Waals surface area contributed by atoms with Crippen LogP contribution >= 0.6 is 0 Å². The fourth-order valence-electron chi connectivity index (χ4n) is 2.25. The third-order valence-electron chi connectivity index (χ3n) is 3.65. The maximum Gasteiger partial charge on any atom is 0.435 e. The van der Waals surface area contributed by atoms with E-state index in [0.717, 1.165) is 30.4 Å². The molecule has 1 amide bonds. The van der Waals surface area contributed by atoms with Crippen LogP contribution in [-0.2, 0) is 11.3 Å². The number of hydroxylamine groups is 2. The van der Waals surface area contributed by atoms with E-state index in [1.54, 1.807) is 0 Å². The lowest BCUT2D eigenvalue weighted by molar-refractivity contribution is -0.0935. The Labute approximate surface area is 149 Å². The van der Waals surface area contributed by atoms with Crippen LogP contribution in [0.15, 0.2) is 60.7 Å². The Hall–Kier alpha value is -2.77. The zero-order chi connectivity index (χ0) is 17.9. The SMILES string of the molecule is CCCCC#CC(c1ccccc1)N(O)C(=O)OCc1ccccc1. The highest BCUT2D eigenvalue weighted by Gasteiger charge is 2.23. The normalized spacial score (nSPS) is 11.1. The number of ether oxygens (including phenoxy) is 1. The van der Waals surface area contributed by atoms with Gasteiger partial charge in [-0.05, 0) is 17.5 Å². The maximum atomic E-state index is 12.2. The van der Waals surface area contributed by atoms with Gasteiger partial charge >= 0.3 is 6.09 Å². The van der Waals surface area contributed by atoms with Crippen molar-refractivity contribution in [1.82, 2.24) is 5.06 Å². The fraction of sp³-hybridized carbons (Fsp3) is 0.286. The van der Waals surface area contributed by atoms with E-state index in [1.807, 2.05) is 60.7 Å². The first-order chi connectivity index (χ1) is 12.2. The molecule has 0 aliphatic carbocycles. The largest absolute Gasteiger partial charge is 0.443 e. The average molecular weight is 337 g/mol. The summed E-state index contributed by atoms with van der Waals surface area (Å²) in [4.78, 5) is 12.2. The Morgan fingerprint density at radius 2 is 1.76 bits per heavy atom. The van der Waals surface area contributed by atoms with Crippen LogP contribution in [0.5, 0.6) is 0 Å². The number of carbonyl (C=O) groups excluding carboxylic acids is 1. The van der Waals surface area contributed by atoms with Gasteiger partial charge in [0.05, 0.1) is 0 Å². The minimum absolute atomic E-state index is 0.0987. The molecule has 0 spiro atoms. The van der Waals surface area contributed by atoms with E-state index in [1.165, 1.54) is 0 Å². The van der Waals surface area contributed by atoms with Gasteiger partial charge < -0.3 is 4.74 Å². The summed E-state index contributed by atoms with van der Waals surface area (Å²) in [5.41, 5.74) is 1.60. The van der Waals surface area contributed by atoms with Gasteiger partial charge in [-0.15, -0.1) is 5.92 Å². The first-order valence-corrected chi connectivity index (χ1v) is 8.44. The predicted octanol–water partition coefficient (Wildman–Crippen LogP) is 4.95. The minimum Gasteiger partial charge on any atom is -0.443 e. The van der Waals surface area contributed by atoms with E-state index < -0.39 is 12.1 Å². The standard InChI is InChI=1S/C21H23NO3/c1-2-3-4-11-16-20(19-14-9-6-10-15-19)22(24)21(23)25-17-18-12-7-5-8-13-18/h5-10,12-15,20,24H,2-4,17H2,1H3. The highest BCUT2D eigenvalue weighted by atomic mass is 16.6. The molecule has 25 heavy (non-hydrogen) atoms. The molecule has 1 unspecified atom stereocenters. The van der Waals surface area contributed by atoms with Crippen molar-refractivity contribution in [3.63, 3.8) is 0 Å². The molecule has 0 aromatic heterocycles. The summed E-state index contributed by atoms with van der Waals surface area (Å²) in [6.45, 7) is 2.19. The van der Waals surface area contributed by atoms with Crippen molar-refractivity contribution in [3.8, 4) is 11.8 Å². The van der Waals surface area contributed by atoms with Gasteiger partial charge in [-0.1, -0.05) is 79.9 Å². The van der Waals surface area contributed by atoms with Crippen molar-refractivity contribution >= 4 is 6.09 Å². The molecule has 0 aliphatic heterocycles. The number of carbonyl (C=O) groups is 1. The van der Waals surface area contributed by atoms with Crippen LogP contribution in [0.1, 0.15) is 43.4 Å². The molecule has 0 aliphatic rings. The van der Waals surface area contributed by atoms with Gasteiger partial charge in [0.25, 0.3) is 0 Å². The Morgan fingerprint density at radius 3 is 2.40 bits per heavy atom. The minimum atomic E-state index is -0.817. The highest BCUT2D eigenvalue weighted by Crippen LogP contribution is 2.19. The van der Waals surface area contributed by atoms with Gasteiger partial charge in [0.1, 0.15) is 12.6 Å². The Bertz CT molecular complexity index is 704. The van der Waals surface area contributed by atoms with E-state index >= 15 is 0 Å². The molecule has 4 nitrogen and oxygen atoms in total. The van der Waals surface area contributed by atoms with Gasteiger partial charge in [-0.25, -0.2) is 4.79 Å². The number of nitrogens with zero attached hydrogens (tertiary/aromatic N) is 1. The number of rotatable bonds is 6. The molecule has 2 aromatic carbocycles. The number of hydrogen-bond donors (Lipinski definition) is 1. The molecule has 0 bridgehead atoms. The molecule has 0 radical (unpaired) electrons. The van der Waals surface area contributed by atoms with Crippen molar-refractivity contribution in [2.24, 2.45) is 0 Å². The van der Waals surface area contributed by atoms with E-state index in [0.29, 0.717) is 5.06 Å². The first-order valence-electron chi connectivity index (χ1n) is 8.44. The van der Waals surface area contributed by atoms with Crippen LogP contribution in [0.4, 0.5) is 4.79 Å². The maximum absolute atomic E-state index is 12.2. The molecule has 1 atom stereocenters. The zero-order valence-electron chi connectivity index (χ0n) is 14.4. The molecule has 0 fully saturated rings. The lowest BCUT2D eigenvalue weighted by atomic mass is 10.1. The molecule has 0 saturated heterocycles. The number of benzene rings is 2. The smallest absolute Gasteiger partial charge is 0.435 e. The van der Waals surface area contributed by atoms with Crippen LogP contribution in [0, 0.1) is 11.8 Å². The number of hydrogen-bond acceptors (Lipinski definition) is 3. The third kappa shape index (κ3) is 5.98. The fourth-order valence-corrected chi connectivity index (χ4v) is 2.25. The van der Waals surface area contributed by atoms with E-state index in [9.17, 15) is 10.0 Å². The quantitative estimate of drug-likeness (QED) is 0.351. The molecular formula is C21H23NO3. The van der Waals surface area contributed by atoms with Crippen molar-refractivity contribution in [2.45, 2.75) is 38.8 Å². The summed E-state index contributed by atoms with van der Waals surface area (Å²) in [5.74, 6) is 6.01. The Balaban J connectivity index is 2.06. The predicted molar refractivity (Wildman–Crippen MR) is 96.7 cm³/mol. The van der Waals surface area contributed by atoms with Crippen molar-refractivity contribution in [2.75, 3.05) is 0 Å². The third-order valence-corrected chi connectivity index (χ3v) is 3.65. The van der Waals surface area contributed by atoms with Crippen LogP contribution in [-0.4, -0.2) is 16.4 Å². The van der Waals surface area contributed by atoms with E-state index in [2.05, 4.69) is 18.8 Å². The van der Waals surface area contributed by atoms with Crippen LogP contribution in [0.2, 0.25) is 0 Å². The van der Waals surface area contributed by atoms with Crippen LogP contribution in [0.25, 0.3) is 0 Å². The van der Waals surface area contributed by atoms with Crippen molar-refractivity contribution in [1.29, 1.82) is 0 Å². The highest BCUT2D eigenvalue weighted by molar-refractivity contribution is 5.67. The number of amides is 1. The summed E-state index contributed by atoms with van der Waals surface area (Å²) >= 11 is 0. The summed E-state index contributed by atoms with van der Waals surface area (Å²) in [6.07, 6.45) is 1.94. The van der Waals surface area contributed by atoms with Crippen LogP contribution in [0.3, 0.4) is 0 Å². The van der Waals surface area contributed by atoms with Crippen molar-refractivity contribution in [3.05, 3.63) is 71.8 Å². The van der Waals surface area contributed by atoms with E-state index in [4.69, 9.17) is 4.74 Å². The van der Waals surface area contributed by atoms with Gasteiger partial charge in [0, 0.05) is 6.42 Å². The lowest BCUT2D eigenvalue weighted by Gasteiger charge is -2.21. The van der Waals surface area contributed by atoms with Crippen LogP contribution < -0.4 is 0 Å². The average Bonchev–Trinajstić information content (AvgIpc) is 2.67. The summed E-state index contributed by atoms with van der Waals surface area (Å²) in [7, 11) is 0. The second-order valence-electron chi connectivity index (χ2n) is 5.62. The molecule has 0 heterocycles. The van der Waals surface area contributed by atoms with Gasteiger partial charge in [0.15, 0.2) is 0 Å². The lowest BCUT2D eigenvalue weighted by Crippen LogP contribution is -2.31.